The van der Waals surface area contributed by atoms with E-state index in [1.165, 1.54) is 25.4 Å². The summed E-state index contributed by atoms with van der Waals surface area (Å²) in [6.07, 6.45) is 2.31. The van der Waals surface area contributed by atoms with Crippen molar-refractivity contribution in [3.05, 3.63) is 23.9 Å². The summed E-state index contributed by atoms with van der Waals surface area (Å²) in [5.74, 6) is -0.392. The lowest BCUT2D eigenvalue weighted by Crippen LogP contribution is -2.33. The van der Waals surface area contributed by atoms with Gasteiger partial charge in [-0.3, -0.25) is 9.10 Å². The number of nitrogens with two attached hydrogens (primary N) is 1. The van der Waals surface area contributed by atoms with Gasteiger partial charge in [0.1, 0.15) is 5.82 Å². The first-order valence-electron chi connectivity index (χ1n) is 5.08. The van der Waals surface area contributed by atoms with E-state index in [1.807, 2.05) is 0 Å². The van der Waals surface area contributed by atoms with Crippen LogP contribution in [-0.2, 0) is 14.8 Å². The van der Waals surface area contributed by atoms with Gasteiger partial charge in [-0.05, 0) is 12.1 Å². The third-order valence-electron chi connectivity index (χ3n) is 2.19. The first-order valence-corrected chi connectivity index (χ1v) is 6.93. The number of primary amides is 1. The fourth-order valence-corrected chi connectivity index (χ4v) is 2.16. The smallest absolute Gasteiger partial charge is 0.250 e. The van der Waals surface area contributed by atoms with Gasteiger partial charge in [0.25, 0.3) is 0 Å². The maximum absolute atomic E-state index is 11.6. The number of ether oxygens (including phenoxy) is 1. The number of pyridine rings is 1. The van der Waals surface area contributed by atoms with Gasteiger partial charge in [0.15, 0.2) is 0 Å². The van der Waals surface area contributed by atoms with E-state index in [-0.39, 0.29) is 24.5 Å². The van der Waals surface area contributed by atoms with Crippen molar-refractivity contribution in [2.45, 2.75) is 0 Å². The topological polar surface area (TPSA) is 103 Å². The number of sulfonamides is 1. The summed E-state index contributed by atoms with van der Waals surface area (Å²) >= 11 is 0. The second-order valence-corrected chi connectivity index (χ2v) is 5.50. The maximum Gasteiger partial charge on any atom is 0.250 e. The molecule has 0 aliphatic rings. The fraction of sp³-hybridized carbons (Fsp3) is 0.400. The van der Waals surface area contributed by atoms with Crippen LogP contribution >= 0.6 is 0 Å². The van der Waals surface area contributed by atoms with E-state index in [4.69, 9.17) is 10.5 Å². The predicted molar refractivity (Wildman–Crippen MR) is 66.8 cm³/mol. The van der Waals surface area contributed by atoms with Gasteiger partial charge in [-0.15, -0.1) is 0 Å². The van der Waals surface area contributed by atoms with Crippen LogP contribution in [0.15, 0.2) is 18.3 Å². The quantitative estimate of drug-likeness (QED) is 0.759. The Balaban J connectivity index is 3.02. The van der Waals surface area contributed by atoms with Gasteiger partial charge in [0, 0.05) is 13.3 Å². The molecule has 0 fully saturated rings. The first-order chi connectivity index (χ1) is 8.36. The van der Waals surface area contributed by atoms with Crippen LogP contribution in [-0.4, -0.2) is 45.8 Å². The van der Waals surface area contributed by atoms with Crippen molar-refractivity contribution in [3.63, 3.8) is 0 Å². The SMILES string of the molecule is COCCN(c1ccc(C(N)=O)cn1)S(C)(=O)=O. The number of carbonyl (C=O) groups excluding carboxylic acids is 1. The molecule has 0 aliphatic carbocycles. The van der Waals surface area contributed by atoms with Crippen LogP contribution in [0, 0.1) is 0 Å². The van der Waals surface area contributed by atoms with Crippen molar-refractivity contribution in [2.75, 3.05) is 30.8 Å². The molecule has 0 unspecified atom stereocenters. The lowest BCUT2D eigenvalue weighted by Gasteiger charge is -2.20. The van der Waals surface area contributed by atoms with Crippen LogP contribution in [0.5, 0.6) is 0 Å². The number of hydrogen-bond donors (Lipinski definition) is 1. The number of methoxy groups -OCH3 is 1. The first kappa shape index (κ1) is 14.4. The van der Waals surface area contributed by atoms with Crippen LogP contribution in [0.2, 0.25) is 0 Å². The summed E-state index contributed by atoms with van der Waals surface area (Å²) in [4.78, 5) is 14.8. The van der Waals surface area contributed by atoms with Gasteiger partial charge in [0.2, 0.25) is 15.9 Å². The largest absolute Gasteiger partial charge is 0.383 e. The standard InChI is InChI=1S/C10H15N3O4S/c1-17-6-5-13(18(2,15)16)9-4-3-8(7-12-9)10(11)14/h3-4,7H,5-6H2,1-2H3,(H2,11,14). The maximum atomic E-state index is 11.6. The minimum atomic E-state index is -3.45. The molecule has 0 spiro atoms. The normalized spacial score (nSPS) is 11.2. The summed E-state index contributed by atoms with van der Waals surface area (Å²) in [6.45, 7) is 0.393. The number of amides is 1. The molecule has 1 aromatic rings. The van der Waals surface area contributed by atoms with Crippen molar-refractivity contribution in [1.82, 2.24) is 4.98 Å². The van der Waals surface area contributed by atoms with E-state index < -0.39 is 15.9 Å². The van der Waals surface area contributed by atoms with Crippen molar-refractivity contribution in [1.29, 1.82) is 0 Å². The minimum Gasteiger partial charge on any atom is -0.383 e. The van der Waals surface area contributed by atoms with Gasteiger partial charge < -0.3 is 10.5 Å². The highest BCUT2D eigenvalue weighted by Crippen LogP contribution is 2.14. The van der Waals surface area contributed by atoms with E-state index in [0.717, 1.165) is 10.6 Å². The van der Waals surface area contributed by atoms with Crippen LogP contribution < -0.4 is 10.0 Å². The molecule has 0 aliphatic heterocycles. The van der Waals surface area contributed by atoms with Gasteiger partial charge in [-0.25, -0.2) is 13.4 Å². The van der Waals surface area contributed by atoms with Crippen molar-refractivity contribution in [3.8, 4) is 0 Å². The molecule has 2 N–H and O–H groups in total. The van der Waals surface area contributed by atoms with E-state index in [2.05, 4.69) is 4.98 Å². The number of anilines is 1. The second-order valence-electron chi connectivity index (χ2n) is 3.60. The van der Waals surface area contributed by atoms with Gasteiger partial charge in [-0.2, -0.15) is 0 Å². The summed E-state index contributed by atoms with van der Waals surface area (Å²) in [6, 6.07) is 2.85. The highest BCUT2D eigenvalue weighted by atomic mass is 32.2. The Hall–Kier alpha value is -1.67. The molecule has 0 saturated carbocycles. The molecule has 0 saturated heterocycles. The Morgan fingerprint density at radius 1 is 1.50 bits per heavy atom. The lowest BCUT2D eigenvalue weighted by molar-refractivity contribution is 0.1000. The molecule has 0 atom stereocenters. The third kappa shape index (κ3) is 3.67. The fourth-order valence-electron chi connectivity index (χ4n) is 1.30. The summed E-state index contributed by atoms with van der Waals surface area (Å²) < 4.78 is 29.1. The summed E-state index contributed by atoms with van der Waals surface area (Å²) in [7, 11) is -1.97. The Bertz CT molecular complexity index is 512. The number of rotatable bonds is 6. The molecule has 8 heteroatoms. The molecule has 1 aromatic heterocycles. The summed E-state index contributed by atoms with van der Waals surface area (Å²) in [5.41, 5.74) is 5.30. The number of carbonyl (C=O) groups is 1. The Morgan fingerprint density at radius 3 is 2.56 bits per heavy atom. The highest BCUT2D eigenvalue weighted by Gasteiger charge is 2.18. The molecule has 18 heavy (non-hydrogen) atoms. The molecule has 100 valence electrons. The van der Waals surface area contributed by atoms with Gasteiger partial charge in [-0.1, -0.05) is 0 Å². The Morgan fingerprint density at radius 2 is 2.17 bits per heavy atom. The van der Waals surface area contributed by atoms with E-state index in [0.29, 0.717) is 0 Å². The van der Waals surface area contributed by atoms with Crippen LogP contribution in [0.4, 0.5) is 5.82 Å². The average Bonchev–Trinajstić information content (AvgIpc) is 2.28. The molecule has 1 heterocycles. The molecular formula is C10H15N3O4S. The van der Waals surface area contributed by atoms with Gasteiger partial charge in [0.05, 0.1) is 25.0 Å². The molecule has 0 bridgehead atoms. The van der Waals surface area contributed by atoms with Crippen LogP contribution in [0.3, 0.4) is 0 Å². The second kappa shape index (κ2) is 5.78. The zero-order valence-corrected chi connectivity index (χ0v) is 11.0. The van der Waals surface area contributed by atoms with Gasteiger partial charge >= 0.3 is 0 Å². The van der Waals surface area contributed by atoms with Crippen molar-refractivity contribution >= 4 is 21.7 Å². The molecule has 0 radical (unpaired) electrons. The minimum absolute atomic E-state index is 0.151. The highest BCUT2D eigenvalue weighted by molar-refractivity contribution is 7.92. The van der Waals surface area contributed by atoms with E-state index in [9.17, 15) is 13.2 Å². The monoisotopic (exact) mass is 273 g/mol. The molecule has 1 amide bonds. The molecule has 0 aromatic carbocycles. The van der Waals surface area contributed by atoms with Crippen molar-refractivity contribution < 1.29 is 17.9 Å². The Labute approximate surface area is 106 Å². The van der Waals surface area contributed by atoms with Crippen LogP contribution in [0.25, 0.3) is 0 Å². The van der Waals surface area contributed by atoms with Crippen LogP contribution in [0.1, 0.15) is 10.4 Å². The van der Waals surface area contributed by atoms with E-state index >= 15 is 0 Å². The number of aromatic nitrogens is 1. The lowest BCUT2D eigenvalue weighted by atomic mass is 10.3. The Kier molecular flexibility index (Phi) is 4.62. The zero-order valence-electron chi connectivity index (χ0n) is 10.2. The zero-order chi connectivity index (χ0) is 13.8. The number of nitrogens with zero attached hydrogens (tertiary/aromatic N) is 2. The third-order valence-corrected chi connectivity index (χ3v) is 3.36. The molecule has 1 rings (SSSR count). The molecule has 7 nitrogen and oxygen atoms in total. The van der Waals surface area contributed by atoms with E-state index in [1.54, 1.807) is 0 Å². The number of hydrogen-bond acceptors (Lipinski definition) is 5. The average molecular weight is 273 g/mol. The molecular weight excluding hydrogens is 258 g/mol. The van der Waals surface area contributed by atoms with Crippen molar-refractivity contribution in [2.24, 2.45) is 5.73 Å². The predicted octanol–water partition coefficient (Wildman–Crippen LogP) is -0.407. The summed E-state index contributed by atoms with van der Waals surface area (Å²) in [5, 5.41) is 0.